The first-order valence-corrected chi connectivity index (χ1v) is 8.14. The highest BCUT2D eigenvalue weighted by molar-refractivity contribution is 5.86. The number of rotatable bonds is 3. The zero-order valence-electron chi connectivity index (χ0n) is 13.3. The fourth-order valence-corrected chi connectivity index (χ4v) is 3.15. The minimum absolute atomic E-state index is 0.0976. The van der Waals surface area contributed by atoms with E-state index in [-0.39, 0.29) is 11.5 Å². The molecule has 1 aliphatic rings. The average molecular weight is 300 g/mol. The highest BCUT2D eigenvalue weighted by Crippen LogP contribution is 2.28. The number of aromatic amines is 1. The molecule has 0 saturated heterocycles. The number of nitrogens with two attached hydrogens (primary N) is 1. The maximum Gasteiger partial charge on any atom is 0.270 e. The van der Waals surface area contributed by atoms with Crippen LogP contribution in [-0.2, 0) is 0 Å². The molecule has 0 amide bonds. The van der Waals surface area contributed by atoms with E-state index in [1.165, 1.54) is 32.1 Å². The molecule has 0 unspecified atom stereocenters. The van der Waals surface area contributed by atoms with Crippen molar-refractivity contribution >= 4 is 22.4 Å². The van der Waals surface area contributed by atoms with Crippen molar-refractivity contribution < 1.29 is 0 Å². The Bertz CT molecular complexity index is 729. The first-order chi connectivity index (χ1) is 10.5. The van der Waals surface area contributed by atoms with Crippen molar-refractivity contribution in [3.8, 4) is 0 Å². The third kappa shape index (κ3) is 2.93. The van der Waals surface area contributed by atoms with E-state index in [9.17, 15) is 4.79 Å². The molecule has 0 bridgehead atoms. The standard InChI is InChI=1S/C17H24N4O/c1-10(2)16-17(22)21-14-8-12(18)13(9-15(14)20-16)19-11-6-4-3-5-7-11/h8-11,19H,3-7,18H2,1-2H3,(H,21,22). The van der Waals surface area contributed by atoms with Gasteiger partial charge in [-0.3, -0.25) is 4.79 Å². The Hall–Kier alpha value is -2.04. The summed E-state index contributed by atoms with van der Waals surface area (Å²) in [6.45, 7) is 3.95. The Balaban J connectivity index is 1.98. The molecule has 3 rings (SSSR count). The molecule has 1 aliphatic carbocycles. The highest BCUT2D eigenvalue weighted by Gasteiger charge is 2.15. The second-order valence-corrected chi connectivity index (χ2v) is 6.54. The minimum Gasteiger partial charge on any atom is -0.397 e. The van der Waals surface area contributed by atoms with Gasteiger partial charge in [-0.1, -0.05) is 33.1 Å². The van der Waals surface area contributed by atoms with E-state index in [0.29, 0.717) is 22.9 Å². The van der Waals surface area contributed by atoms with Gasteiger partial charge in [0.1, 0.15) is 5.69 Å². The van der Waals surface area contributed by atoms with Gasteiger partial charge < -0.3 is 16.0 Å². The number of anilines is 2. The molecule has 2 aromatic rings. The van der Waals surface area contributed by atoms with Gasteiger partial charge >= 0.3 is 0 Å². The van der Waals surface area contributed by atoms with Crippen molar-refractivity contribution in [2.24, 2.45) is 0 Å². The highest BCUT2D eigenvalue weighted by atomic mass is 16.1. The molecule has 22 heavy (non-hydrogen) atoms. The quantitative estimate of drug-likeness (QED) is 0.759. The SMILES string of the molecule is CC(C)c1nc2cc(NC3CCCCC3)c(N)cc2[nH]c1=O. The van der Waals surface area contributed by atoms with Gasteiger partial charge in [0.25, 0.3) is 5.56 Å². The Kier molecular flexibility index (Phi) is 4.05. The van der Waals surface area contributed by atoms with Crippen LogP contribution in [0.15, 0.2) is 16.9 Å². The normalized spacial score (nSPS) is 16.3. The summed E-state index contributed by atoms with van der Waals surface area (Å²) in [5, 5.41) is 3.55. The maximum atomic E-state index is 12.0. The molecule has 1 heterocycles. The van der Waals surface area contributed by atoms with Crippen molar-refractivity contribution in [3.63, 3.8) is 0 Å². The number of H-pyrrole nitrogens is 1. The van der Waals surface area contributed by atoms with Crippen molar-refractivity contribution in [2.75, 3.05) is 11.1 Å². The van der Waals surface area contributed by atoms with Crippen LogP contribution in [0, 0.1) is 0 Å². The largest absolute Gasteiger partial charge is 0.397 e. The summed E-state index contributed by atoms with van der Waals surface area (Å²) < 4.78 is 0. The van der Waals surface area contributed by atoms with Gasteiger partial charge in [0, 0.05) is 12.0 Å². The second kappa shape index (κ2) is 5.99. The van der Waals surface area contributed by atoms with E-state index in [0.717, 1.165) is 11.2 Å². The number of benzene rings is 1. The first-order valence-electron chi connectivity index (χ1n) is 8.14. The van der Waals surface area contributed by atoms with Gasteiger partial charge in [-0.15, -0.1) is 0 Å². The molecule has 5 nitrogen and oxygen atoms in total. The minimum atomic E-state index is -0.130. The summed E-state index contributed by atoms with van der Waals surface area (Å²) in [4.78, 5) is 19.4. The van der Waals surface area contributed by atoms with Crippen LogP contribution in [0.4, 0.5) is 11.4 Å². The fourth-order valence-electron chi connectivity index (χ4n) is 3.15. The van der Waals surface area contributed by atoms with Crippen LogP contribution in [0.2, 0.25) is 0 Å². The summed E-state index contributed by atoms with van der Waals surface area (Å²) in [6.07, 6.45) is 6.25. The number of hydrogen-bond donors (Lipinski definition) is 3. The van der Waals surface area contributed by atoms with E-state index >= 15 is 0 Å². The average Bonchev–Trinajstić information content (AvgIpc) is 2.48. The first kappa shape index (κ1) is 14.9. The van der Waals surface area contributed by atoms with Crippen LogP contribution in [0.25, 0.3) is 11.0 Å². The predicted molar refractivity (Wildman–Crippen MR) is 91.4 cm³/mol. The lowest BCUT2D eigenvalue weighted by atomic mass is 9.95. The number of nitrogens with zero attached hydrogens (tertiary/aromatic N) is 1. The Morgan fingerprint density at radius 3 is 2.68 bits per heavy atom. The smallest absolute Gasteiger partial charge is 0.270 e. The number of nitrogen functional groups attached to an aromatic ring is 1. The topological polar surface area (TPSA) is 83.8 Å². The number of hydrogen-bond acceptors (Lipinski definition) is 4. The van der Waals surface area contributed by atoms with Crippen molar-refractivity contribution in [3.05, 3.63) is 28.2 Å². The predicted octanol–water partition coefficient (Wildman–Crippen LogP) is 3.37. The van der Waals surface area contributed by atoms with Gasteiger partial charge in [-0.25, -0.2) is 4.98 Å². The molecule has 1 saturated carbocycles. The summed E-state index contributed by atoms with van der Waals surface area (Å²) in [6, 6.07) is 4.25. The Morgan fingerprint density at radius 1 is 1.27 bits per heavy atom. The van der Waals surface area contributed by atoms with Crippen molar-refractivity contribution in [1.29, 1.82) is 0 Å². The number of nitrogens with one attached hydrogen (secondary N) is 2. The van der Waals surface area contributed by atoms with E-state index in [4.69, 9.17) is 5.73 Å². The number of aromatic nitrogens is 2. The molecule has 118 valence electrons. The summed E-state index contributed by atoms with van der Waals surface area (Å²) in [5.74, 6) is 0.0976. The van der Waals surface area contributed by atoms with Crippen LogP contribution in [0.3, 0.4) is 0 Å². The van der Waals surface area contributed by atoms with Crippen molar-refractivity contribution in [1.82, 2.24) is 9.97 Å². The third-order valence-corrected chi connectivity index (χ3v) is 4.40. The van der Waals surface area contributed by atoms with E-state index in [1.54, 1.807) is 6.07 Å². The second-order valence-electron chi connectivity index (χ2n) is 6.54. The van der Waals surface area contributed by atoms with Crippen LogP contribution in [0.5, 0.6) is 0 Å². The number of fused-ring (bicyclic) bond motifs is 1. The Labute approximate surface area is 130 Å². The van der Waals surface area contributed by atoms with Crippen LogP contribution >= 0.6 is 0 Å². The van der Waals surface area contributed by atoms with Crippen LogP contribution < -0.4 is 16.6 Å². The Morgan fingerprint density at radius 2 is 2.00 bits per heavy atom. The summed E-state index contributed by atoms with van der Waals surface area (Å²) >= 11 is 0. The molecule has 0 radical (unpaired) electrons. The van der Waals surface area contributed by atoms with E-state index < -0.39 is 0 Å². The molecule has 4 N–H and O–H groups in total. The molecule has 1 fully saturated rings. The lowest BCUT2D eigenvalue weighted by molar-refractivity contribution is 0.463. The molecule has 5 heteroatoms. The molecule has 0 atom stereocenters. The lowest BCUT2D eigenvalue weighted by Crippen LogP contribution is -2.23. The van der Waals surface area contributed by atoms with Crippen LogP contribution in [-0.4, -0.2) is 16.0 Å². The summed E-state index contributed by atoms with van der Waals surface area (Å²) in [5.41, 5.74) is 9.65. The third-order valence-electron chi connectivity index (χ3n) is 4.40. The molecular weight excluding hydrogens is 276 g/mol. The maximum absolute atomic E-state index is 12.0. The fraction of sp³-hybridized carbons (Fsp3) is 0.529. The van der Waals surface area contributed by atoms with Gasteiger partial charge in [-0.05, 0) is 25.0 Å². The summed E-state index contributed by atoms with van der Waals surface area (Å²) in [7, 11) is 0. The molecule has 0 aliphatic heterocycles. The van der Waals surface area contributed by atoms with Gasteiger partial charge in [0.15, 0.2) is 0 Å². The van der Waals surface area contributed by atoms with Crippen LogP contribution in [0.1, 0.15) is 57.6 Å². The molecular formula is C17H24N4O. The molecule has 0 spiro atoms. The van der Waals surface area contributed by atoms with Gasteiger partial charge in [0.05, 0.1) is 22.4 Å². The lowest BCUT2D eigenvalue weighted by Gasteiger charge is -2.24. The zero-order chi connectivity index (χ0) is 15.7. The van der Waals surface area contributed by atoms with E-state index in [1.807, 2.05) is 19.9 Å². The zero-order valence-corrected chi connectivity index (χ0v) is 13.3. The van der Waals surface area contributed by atoms with Crippen molar-refractivity contribution in [2.45, 2.75) is 57.9 Å². The monoisotopic (exact) mass is 300 g/mol. The van der Waals surface area contributed by atoms with E-state index in [2.05, 4.69) is 15.3 Å². The van der Waals surface area contributed by atoms with Gasteiger partial charge in [0.2, 0.25) is 0 Å². The van der Waals surface area contributed by atoms with Gasteiger partial charge in [-0.2, -0.15) is 0 Å². The molecule has 1 aromatic heterocycles. The molecule has 1 aromatic carbocycles.